The number of rotatable bonds is 10. The molecule has 3 amide bonds. The van der Waals surface area contributed by atoms with Gasteiger partial charge in [-0.1, -0.05) is 0 Å². The number of carbonyl (C=O) groups is 3. The Morgan fingerprint density at radius 1 is 1.05 bits per heavy atom. The van der Waals surface area contributed by atoms with Crippen LogP contribution in [-0.2, 0) is 19.1 Å². The van der Waals surface area contributed by atoms with Gasteiger partial charge in [0.2, 0.25) is 6.41 Å². The van der Waals surface area contributed by atoms with Crippen LogP contribution in [0.3, 0.4) is 0 Å². The predicted octanol–water partition coefficient (Wildman–Crippen LogP) is -0.830. The molecule has 7 heteroatoms. The first kappa shape index (κ1) is 17.4. The summed E-state index contributed by atoms with van der Waals surface area (Å²) in [6, 6.07) is 0. The topological polar surface area (TPSA) is 96.5 Å². The van der Waals surface area contributed by atoms with Crippen LogP contribution >= 0.6 is 0 Å². The molecule has 0 saturated heterocycles. The normalized spacial score (nSPS) is 10.1. The van der Waals surface area contributed by atoms with Crippen molar-refractivity contribution in [1.29, 1.82) is 0 Å². The SMILES string of the molecule is CC(C)OCCCNC(=O)C(=O)NCCCNC=O. The summed E-state index contributed by atoms with van der Waals surface area (Å²) in [6.07, 6.45) is 2.01. The molecular formula is C12H23N3O4. The summed E-state index contributed by atoms with van der Waals surface area (Å²) in [4.78, 5) is 32.6. The Kier molecular flexibility index (Phi) is 10.5. The van der Waals surface area contributed by atoms with Crippen molar-refractivity contribution >= 4 is 18.2 Å². The Balaban J connectivity index is 3.48. The third-order valence-corrected chi connectivity index (χ3v) is 2.13. The number of hydrogen-bond acceptors (Lipinski definition) is 4. The minimum atomic E-state index is -0.657. The van der Waals surface area contributed by atoms with E-state index in [1.807, 2.05) is 13.8 Å². The van der Waals surface area contributed by atoms with Crippen molar-refractivity contribution < 1.29 is 19.1 Å². The fourth-order valence-corrected chi connectivity index (χ4v) is 1.20. The zero-order chi connectivity index (χ0) is 14.5. The molecule has 0 bridgehead atoms. The molecule has 0 aliphatic rings. The maximum Gasteiger partial charge on any atom is 0.309 e. The van der Waals surface area contributed by atoms with Crippen LogP contribution < -0.4 is 16.0 Å². The van der Waals surface area contributed by atoms with Gasteiger partial charge in [0.15, 0.2) is 0 Å². The third kappa shape index (κ3) is 11.2. The van der Waals surface area contributed by atoms with Gasteiger partial charge in [-0.15, -0.1) is 0 Å². The van der Waals surface area contributed by atoms with Crippen LogP contribution in [0.1, 0.15) is 26.7 Å². The van der Waals surface area contributed by atoms with Gasteiger partial charge in [0.25, 0.3) is 0 Å². The van der Waals surface area contributed by atoms with Crippen molar-refractivity contribution in [2.75, 3.05) is 26.2 Å². The van der Waals surface area contributed by atoms with Gasteiger partial charge in [0.1, 0.15) is 0 Å². The van der Waals surface area contributed by atoms with Crippen molar-refractivity contribution in [2.24, 2.45) is 0 Å². The van der Waals surface area contributed by atoms with Gasteiger partial charge < -0.3 is 20.7 Å². The molecule has 0 aliphatic carbocycles. The molecule has 0 fully saturated rings. The van der Waals surface area contributed by atoms with Gasteiger partial charge in [-0.05, 0) is 26.7 Å². The van der Waals surface area contributed by atoms with E-state index in [-0.39, 0.29) is 6.10 Å². The first-order valence-corrected chi connectivity index (χ1v) is 6.42. The van der Waals surface area contributed by atoms with E-state index >= 15 is 0 Å². The van der Waals surface area contributed by atoms with Gasteiger partial charge in [0.05, 0.1) is 6.10 Å². The molecular weight excluding hydrogens is 250 g/mol. The molecule has 0 saturated carbocycles. The van der Waals surface area contributed by atoms with E-state index < -0.39 is 11.8 Å². The highest BCUT2D eigenvalue weighted by Crippen LogP contribution is 1.89. The lowest BCUT2D eigenvalue weighted by Crippen LogP contribution is -2.41. The van der Waals surface area contributed by atoms with Crippen LogP contribution in [0, 0.1) is 0 Å². The van der Waals surface area contributed by atoms with Gasteiger partial charge in [0, 0.05) is 26.2 Å². The molecule has 0 radical (unpaired) electrons. The van der Waals surface area contributed by atoms with Crippen LogP contribution in [0.2, 0.25) is 0 Å². The second kappa shape index (κ2) is 11.5. The maximum atomic E-state index is 11.3. The zero-order valence-electron chi connectivity index (χ0n) is 11.5. The van der Waals surface area contributed by atoms with Crippen molar-refractivity contribution in [3.05, 3.63) is 0 Å². The lowest BCUT2D eigenvalue weighted by molar-refractivity contribution is -0.139. The second-order valence-corrected chi connectivity index (χ2v) is 4.21. The molecule has 0 aromatic rings. The summed E-state index contributed by atoms with van der Waals surface area (Å²) in [5, 5.41) is 7.43. The Hall–Kier alpha value is -1.63. The van der Waals surface area contributed by atoms with Gasteiger partial charge >= 0.3 is 11.8 Å². The summed E-state index contributed by atoms with van der Waals surface area (Å²) in [5.74, 6) is -1.30. The van der Waals surface area contributed by atoms with Crippen LogP contribution in [0.15, 0.2) is 0 Å². The van der Waals surface area contributed by atoms with Crippen molar-refractivity contribution in [1.82, 2.24) is 16.0 Å². The summed E-state index contributed by atoms with van der Waals surface area (Å²) >= 11 is 0. The van der Waals surface area contributed by atoms with Gasteiger partial charge in [-0.2, -0.15) is 0 Å². The number of ether oxygens (including phenoxy) is 1. The Labute approximate surface area is 113 Å². The largest absolute Gasteiger partial charge is 0.379 e. The minimum absolute atomic E-state index is 0.166. The van der Waals surface area contributed by atoms with Crippen molar-refractivity contribution in [3.63, 3.8) is 0 Å². The molecule has 0 unspecified atom stereocenters. The molecule has 0 aromatic carbocycles. The average molecular weight is 273 g/mol. The summed E-state index contributed by atoms with van der Waals surface area (Å²) in [7, 11) is 0. The number of amides is 3. The number of hydrogen-bond donors (Lipinski definition) is 3. The summed E-state index contributed by atoms with van der Waals surface area (Å²) in [6.45, 7) is 5.65. The maximum absolute atomic E-state index is 11.3. The van der Waals surface area contributed by atoms with Crippen LogP contribution in [0.4, 0.5) is 0 Å². The molecule has 3 N–H and O–H groups in total. The standard InChI is InChI=1S/C12H23N3O4/c1-10(2)19-8-4-7-15-12(18)11(17)14-6-3-5-13-9-16/h9-10H,3-8H2,1-2H3,(H,13,16)(H,14,17)(H,15,18). The molecule has 110 valence electrons. The highest BCUT2D eigenvalue weighted by atomic mass is 16.5. The molecule has 7 nitrogen and oxygen atoms in total. The lowest BCUT2D eigenvalue weighted by Gasteiger charge is -2.08. The molecule has 0 atom stereocenters. The predicted molar refractivity (Wildman–Crippen MR) is 70.4 cm³/mol. The van der Waals surface area contributed by atoms with Crippen LogP contribution in [-0.4, -0.2) is 50.6 Å². The van der Waals surface area contributed by atoms with Crippen molar-refractivity contribution in [2.45, 2.75) is 32.8 Å². The van der Waals surface area contributed by atoms with E-state index in [1.165, 1.54) is 0 Å². The minimum Gasteiger partial charge on any atom is -0.379 e. The number of carbonyl (C=O) groups excluding carboxylic acids is 3. The van der Waals surface area contributed by atoms with E-state index in [2.05, 4.69) is 16.0 Å². The van der Waals surface area contributed by atoms with Crippen LogP contribution in [0.5, 0.6) is 0 Å². The smallest absolute Gasteiger partial charge is 0.309 e. The van der Waals surface area contributed by atoms with Crippen LogP contribution in [0.25, 0.3) is 0 Å². The molecule has 0 aliphatic heterocycles. The molecule has 0 spiro atoms. The zero-order valence-corrected chi connectivity index (χ0v) is 11.5. The number of nitrogens with one attached hydrogen (secondary N) is 3. The quantitative estimate of drug-likeness (QED) is 0.275. The Morgan fingerprint density at radius 3 is 2.16 bits per heavy atom. The van der Waals surface area contributed by atoms with Crippen molar-refractivity contribution in [3.8, 4) is 0 Å². The second-order valence-electron chi connectivity index (χ2n) is 4.21. The fraction of sp³-hybridized carbons (Fsp3) is 0.750. The average Bonchev–Trinajstić information content (AvgIpc) is 2.37. The van der Waals surface area contributed by atoms with E-state index in [4.69, 9.17) is 4.74 Å². The molecule has 0 rings (SSSR count). The molecule has 0 heterocycles. The van der Waals surface area contributed by atoms with E-state index in [0.717, 1.165) is 0 Å². The summed E-state index contributed by atoms with van der Waals surface area (Å²) in [5.41, 5.74) is 0. The first-order chi connectivity index (χ1) is 9.07. The van der Waals surface area contributed by atoms with E-state index in [1.54, 1.807) is 0 Å². The van der Waals surface area contributed by atoms with E-state index in [0.29, 0.717) is 45.5 Å². The monoisotopic (exact) mass is 273 g/mol. The van der Waals surface area contributed by atoms with Gasteiger partial charge in [-0.3, -0.25) is 14.4 Å². The Bertz CT molecular complexity index is 282. The first-order valence-electron chi connectivity index (χ1n) is 6.42. The highest BCUT2D eigenvalue weighted by Gasteiger charge is 2.11. The lowest BCUT2D eigenvalue weighted by atomic mass is 10.4. The van der Waals surface area contributed by atoms with Gasteiger partial charge in [-0.25, -0.2) is 0 Å². The third-order valence-electron chi connectivity index (χ3n) is 2.13. The molecule has 19 heavy (non-hydrogen) atoms. The fourth-order valence-electron chi connectivity index (χ4n) is 1.20. The summed E-state index contributed by atoms with van der Waals surface area (Å²) < 4.78 is 5.30. The Morgan fingerprint density at radius 2 is 1.63 bits per heavy atom. The molecule has 0 aromatic heterocycles. The van der Waals surface area contributed by atoms with E-state index in [9.17, 15) is 14.4 Å². The highest BCUT2D eigenvalue weighted by molar-refractivity contribution is 6.35.